The molecule has 1 unspecified atom stereocenters. The highest BCUT2D eigenvalue weighted by Crippen LogP contribution is 2.23. The van der Waals surface area contributed by atoms with Crippen LogP contribution in [0, 0.1) is 0 Å². The van der Waals surface area contributed by atoms with Gasteiger partial charge in [0.2, 0.25) is 0 Å². The molecule has 7 heteroatoms. The predicted octanol–water partition coefficient (Wildman–Crippen LogP) is 2.00. The summed E-state index contributed by atoms with van der Waals surface area (Å²) in [5.41, 5.74) is 1.79. The summed E-state index contributed by atoms with van der Waals surface area (Å²) in [6.45, 7) is 3.01. The van der Waals surface area contributed by atoms with Gasteiger partial charge in [-0.2, -0.15) is 0 Å². The molecule has 0 saturated carbocycles. The van der Waals surface area contributed by atoms with E-state index in [-0.39, 0.29) is 11.4 Å². The van der Waals surface area contributed by atoms with Crippen LogP contribution in [0.4, 0.5) is 4.79 Å². The summed E-state index contributed by atoms with van der Waals surface area (Å²) in [5, 5.41) is 2.63. The third-order valence-electron chi connectivity index (χ3n) is 2.95. The number of halogens is 1. The van der Waals surface area contributed by atoms with Crippen molar-refractivity contribution in [3.05, 3.63) is 24.3 Å². The van der Waals surface area contributed by atoms with Gasteiger partial charge in [-0.3, -0.25) is 4.98 Å². The number of aromatic nitrogens is 3. The minimum absolute atomic E-state index is 0.114. The minimum atomic E-state index is -0.202. The number of pyridine rings is 1. The van der Waals surface area contributed by atoms with Crippen LogP contribution in [0.3, 0.4) is 0 Å². The fourth-order valence-corrected chi connectivity index (χ4v) is 2.14. The maximum atomic E-state index is 11.5. The molecule has 1 atom stereocenters. The SMILES string of the molecule is CC(Cl)c1nc2cnccc2n1CCNC(=O)N(C)C. The van der Waals surface area contributed by atoms with E-state index in [2.05, 4.69) is 15.3 Å². The van der Waals surface area contributed by atoms with Crippen molar-refractivity contribution < 1.29 is 4.79 Å². The Morgan fingerprint density at radius 2 is 2.30 bits per heavy atom. The Morgan fingerprint density at radius 3 is 2.95 bits per heavy atom. The molecule has 1 N–H and O–H groups in total. The fourth-order valence-electron chi connectivity index (χ4n) is 1.97. The van der Waals surface area contributed by atoms with Crippen LogP contribution in [-0.2, 0) is 6.54 Å². The van der Waals surface area contributed by atoms with Gasteiger partial charge in [0.25, 0.3) is 0 Å². The number of hydrogen-bond acceptors (Lipinski definition) is 3. The molecule has 0 saturated heterocycles. The standard InChI is InChI=1S/C13H18ClN5O/c1-9(14)12-17-10-8-15-5-4-11(10)19(12)7-6-16-13(20)18(2)3/h4-5,8-9H,6-7H2,1-3H3,(H,16,20). The topological polar surface area (TPSA) is 63.1 Å². The Bertz CT molecular complexity index is 608. The molecule has 108 valence electrons. The molecule has 0 aliphatic heterocycles. The van der Waals surface area contributed by atoms with Crippen molar-refractivity contribution in [1.29, 1.82) is 0 Å². The van der Waals surface area contributed by atoms with Crippen molar-refractivity contribution in [2.75, 3.05) is 20.6 Å². The Labute approximate surface area is 122 Å². The van der Waals surface area contributed by atoms with Gasteiger partial charge in [-0.25, -0.2) is 9.78 Å². The molecule has 2 heterocycles. The molecule has 2 aromatic rings. The van der Waals surface area contributed by atoms with Crippen molar-refractivity contribution in [1.82, 2.24) is 24.8 Å². The summed E-state index contributed by atoms with van der Waals surface area (Å²) in [4.78, 5) is 21.6. The van der Waals surface area contributed by atoms with Crippen LogP contribution in [0.25, 0.3) is 11.0 Å². The van der Waals surface area contributed by atoms with Crippen molar-refractivity contribution in [2.24, 2.45) is 0 Å². The highest BCUT2D eigenvalue weighted by Gasteiger charge is 2.14. The average molecular weight is 296 g/mol. The number of imidazole rings is 1. The number of carbonyl (C=O) groups is 1. The summed E-state index contributed by atoms with van der Waals surface area (Å²) in [7, 11) is 3.42. The molecule has 0 aliphatic carbocycles. The molecule has 20 heavy (non-hydrogen) atoms. The lowest BCUT2D eigenvalue weighted by Crippen LogP contribution is -2.36. The van der Waals surface area contributed by atoms with Gasteiger partial charge in [0.15, 0.2) is 0 Å². The number of nitrogens with one attached hydrogen (secondary N) is 1. The molecule has 6 nitrogen and oxygen atoms in total. The molecule has 0 aromatic carbocycles. The van der Waals surface area contributed by atoms with Gasteiger partial charge in [0, 0.05) is 33.4 Å². The van der Waals surface area contributed by atoms with E-state index in [4.69, 9.17) is 11.6 Å². The number of carbonyl (C=O) groups excluding carboxylic acids is 1. The van der Waals surface area contributed by atoms with Gasteiger partial charge in [0.1, 0.15) is 11.3 Å². The van der Waals surface area contributed by atoms with Gasteiger partial charge >= 0.3 is 6.03 Å². The lowest BCUT2D eigenvalue weighted by Gasteiger charge is -2.14. The summed E-state index contributed by atoms with van der Waals surface area (Å²) in [6, 6.07) is 1.79. The first-order chi connectivity index (χ1) is 9.50. The van der Waals surface area contributed by atoms with E-state index in [0.29, 0.717) is 13.1 Å². The summed E-state index contributed by atoms with van der Waals surface area (Å²) in [6.07, 6.45) is 3.44. The number of amides is 2. The van der Waals surface area contributed by atoms with Gasteiger partial charge < -0.3 is 14.8 Å². The first kappa shape index (κ1) is 14.6. The van der Waals surface area contributed by atoms with E-state index >= 15 is 0 Å². The summed E-state index contributed by atoms with van der Waals surface area (Å²) >= 11 is 6.17. The second-order valence-electron chi connectivity index (χ2n) is 4.73. The maximum absolute atomic E-state index is 11.5. The molecule has 0 fully saturated rings. The average Bonchev–Trinajstić information content (AvgIpc) is 2.78. The zero-order valence-corrected chi connectivity index (χ0v) is 12.6. The Morgan fingerprint density at radius 1 is 1.55 bits per heavy atom. The number of fused-ring (bicyclic) bond motifs is 1. The number of rotatable bonds is 4. The number of alkyl halides is 1. The highest BCUT2D eigenvalue weighted by molar-refractivity contribution is 6.20. The zero-order valence-electron chi connectivity index (χ0n) is 11.8. The van der Waals surface area contributed by atoms with Crippen molar-refractivity contribution in [3.63, 3.8) is 0 Å². The van der Waals surface area contributed by atoms with Crippen LogP contribution in [-0.4, -0.2) is 46.1 Å². The van der Waals surface area contributed by atoms with Crippen molar-refractivity contribution >= 4 is 28.7 Å². The fraction of sp³-hybridized carbons (Fsp3) is 0.462. The van der Waals surface area contributed by atoms with Gasteiger partial charge in [0.05, 0.1) is 17.1 Å². The van der Waals surface area contributed by atoms with Crippen molar-refractivity contribution in [3.8, 4) is 0 Å². The van der Waals surface area contributed by atoms with Crippen LogP contribution in [0.5, 0.6) is 0 Å². The third kappa shape index (κ3) is 3.01. The number of nitrogens with zero attached hydrogens (tertiary/aromatic N) is 4. The van der Waals surface area contributed by atoms with E-state index in [0.717, 1.165) is 16.9 Å². The monoisotopic (exact) mass is 295 g/mol. The quantitative estimate of drug-likeness (QED) is 0.878. The smallest absolute Gasteiger partial charge is 0.316 e. The molecular weight excluding hydrogens is 278 g/mol. The summed E-state index contributed by atoms with van der Waals surface area (Å²) < 4.78 is 2.02. The van der Waals surface area contributed by atoms with Gasteiger partial charge in [-0.1, -0.05) is 0 Å². The second-order valence-corrected chi connectivity index (χ2v) is 5.38. The van der Waals surface area contributed by atoms with E-state index in [1.807, 2.05) is 17.6 Å². The minimum Gasteiger partial charge on any atom is -0.336 e. The molecule has 0 spiro atoms. The molecular formula is C13H18ClN5O. The molecule has 2 aromatic heterocycles. The van der Waals surface area contributed by atoms with Crippen LogP contribution in [0.1, 0.15) is 18.1 Å². The van der Waals surface area contributed by atoms with E-state index in [1.54, 1.807) is 26.5 Å². The largest absolute Gasteiger partial charge is 0.336 e. The number of urea groups is 1. The van der Waals surface area contributed by atoms with Crippen LogP contribution >= 0.6 is 11.6 Å². The highest BCUT2D eigenvalue weighted by atomic mass is 35.5. The van der Waals surface area contributed by atoms with Crippen molar-refractivity contribution in [2.45, 2.75) is 18.8 Å². The van der Waals surface area contributed by atoms with Gasteiger partial charge in [-0.15, -0.1) is 11.6 Å². The first-order valence-corrected chi connectivity index (χ1v) is 6.83. The lowest BCUT2D eigenvalue weighted by atomic mass is 10.4. The summed E-state index contributed by atoms with van der Waals surface area (Å²) in [5.74, 6) is 0.786. The van der Waals surface area contributed by atoms with E-state index in [1.165, 1.54) is 4.90 Å². The van der Waals surface area contributed by atoms with Gasteiger partial charge in [-0.05, 0) is 13.0 Å². The molecule has 2 rings (SSSR count). The molecule has 0 radical (unpaired) electrons. The van der Waals surface area contributed by atoms with Crippen LogP contribution < -0.4 is 5.32 Å². The second kappa shape index (κ2) is 6.09. The molecule has 2 amide bonds. The van der Waals surface area contributed by atoms with Crippen LogP contribution in [0.15, 0.2) is 18.5 Å². The molecule has 0 aliphatic rings. The third-order valence-corrected chi connectivity index (χ3v) is 3.15. The first-order valence-electron chi connectivity index (χ1n) is 6.40. The zero-order chi connectivity index (χ0) is 14.7. The Kier molecular flexibility index (Phi) is 4.44. The predicted molar refractivity (Wildman–Crippen MR) is 78.9 cm³/mol. The van der Waals surface area contributed by atoms with E-state index < -0.39 is 0 Å². The van der Waals surface area contributed by atoms with Crippen LogP contribution in [0.2, 0.25) is 0 Å². The Balaban J connectivity index is 2.19. The molecule has 0 bridgehead atoms. The van der Waals surface area contributed by atoms with E-state index in [9.17, 15) is 4.79 Å². The normalized spacial score (nSPS) is 12.4. The Hall–Kier alpha value is -1.82. The lowest BCUT2D eigenvalue weighted by molar-refractivity contribution is 0.217. The number of hydrogen-bond donors (Lipinski definition) is 1. The maximum Gasteiger partial charge on any atom is 0.316 e.